The molecule has 10 heteroatoms. The first-order valence-electron chi connectivity index (χ1n) is 8.18. The van der Waals surface area contributed by atoms with E-state index in [1.807, 2.05) is 0 Å². The summed E-state index contributed by atoms with van der Waals surface area (Å²) in [6.45, 7) is 0. The number of aryl methyl sites for hydroxylation is 1. The molecule has 0 bridgehead atoms. The maximum absolute atomic E-state index is 12.1. The lowest BCUT2D eigenvalue weighted by molar-refractivity contribution is -0.382. The van der Waals surface area contributed by atoms with Gasteiger partial charge in [0.1, 0.15) is 22.8 Å². The molecule has 0 amide bonds. The monoisotopic (exact) mass is 384 g/mol. The van der Waals surface area contributed by atoms with E-state index in [4.69, 9.17) is 18.8 Å². The van der Waals surface area contributed by atoms with E-state index in [0.29, 0.717) is 39.1 Å². The molecule has 0 aliphatic rings. The van der Waals surface area contributed by atoms with Crippen molar-refractivity contribution in [1.82, 2.24) is 14.9 Å². The molecule has 4 aromatic rings. The van der Waals surface area contributed by atoms with Crippen molar-refractivity contribution in [2.75, 3.05) is 21.3 Å². The molecule has 28 heavy (non-hydrogen) atoms. The zero-order valence-corrected chi connectivity index (χ0v) is 15.5. The minimum atomic E-state index is -0.450. The van der Waals surface area contributed by atoms with Crippen molar-refractivity contribution in [2.24, 2.45) is 7.05 Å². The Morgan fingerprint density at radius 3 is 2.14 bits per heavy atom. The van der Waals surface area contributed by atoms with Crippen molar-refractivity contribution in [3.8, 4) is 28.4 Å². The fourth-order valence-electron chi connectivity index (χ4n) is 3.42. The highest BCUT2D eigenvalue weighted by Gasteiger charge is 2.32. The van der Waals surface area contributed by atoms with Crippen LogP contribution in [-0.2, 0) is 7.05 Å². The van der Waals surface area contributed by atoms with Crippen LogP contribution >= 0.6 is 0 Å². The van der Waals surface area contributed by atoms with Crippen LogP contribution in [0, 0.1) is 10.1 Å². The fourth-order valence-corrected chi connectivity index (χ4v) is 3.42. The summed E-state index contributed by atoms with van der Waals surface area (Å²) in [5, 5.41) is 21.0. The molecule has 10 nitrogen and oxygen atoms in total. The Labute approximate surface area is 158 Å². The molecule has 0 N–H and O–H groups in total. The fraction of sp³-hybridized carbons (Fsp3) is 0.222. The highest BCUT2D eigenvalue weighted by molar-refractivity contribution is 6.17. The molecule has 4 rings (SSSR count). The molecule has 0 saturated heterocycles. The Kier molecular flexibility index (Phi) is 4.03. The Hall–Kier alpha value is -3.82. The molecular formula is C18H16N4O6. The normalized spacial score (nSPS) is 11.1. The maximum atomic E-state index is 12.1. The number of methoxy groups -OCH3 is 3. The van der Waals surface area contributed by atoms with Crippen molar-refractivity contribution in [3.63, 3.8) is 0 Å². The third-order valence-corrected chi connectivity index (χ3v) is 4.58. The van der Waals surface area contributed by atoms with Crippen LogP contribution in [0.1, 0.15) is 0 Å². The molecular weight excluding hydrogens is 368 g/mol. The second-order valence-corrected chi connectivity index (χ2v) is 6.10. The summed E-state index contributed by atoms with van der Waals surface area (Å²) in [6, 6.07) is 3.24. The number of nitro groups is 1. The predicted octanol–water partition coefficient (Wildman–Crippen LogP) is 3.32. The standard InChI is InChI=1S/C18H16N4O6/c1-21-7-10-11(8-21)18(22(23)24)15(17-16(10)19-28-20-17)14-12(26-3)5-9(25-2)6-13(14)27-4/h5-8H,1-4H3. The zero-order valence-electron chi connectivity index (χ0n) is 15.5. The summed E-state index contributed by atoms with van der Waals surface area (Å²) in [5.74, 6) is 1.15. The molecule has 0 radical (unpaired) electrons. The van der Waals surface area contributed by atoms with Gasteiger partial charge in [-0.05, 0) is 10.3 Å². The van der Waals surface area contributed by atoms with Crippen molar-refractivity contribution in [2.45, 2.75) is 0 Å². The lowest BCUT2D eigenvalue weighted by Gasteiger charge is -2.15. The number of hydrogen-bond acceptors (Lipinski definition) is 8. The van der Waals surface area contributed by atoms with E-state index >= 15 is 0 Å². The quantitative estimate of drug-likeness (QED) is 0.380. The van der Waals surface area contributed by atoms with Crippen LogP contribution in [-0.4, -0.2) is 41.1 Å². The molecule has 2 heterocycles. The summed E-state index contributed by atoms with van der Waals surface area (Å²) in [5.41, 5.74) is 1.09. The minimum absolute atomic E-state index is 0.138. The number of rotatable bonds is 5. The predicted molar refractivity (Wildman–Crippen MR) is 100 cm³/mol. The maximum Gasteiger partial charge on any atom is 0.289 e. The lowest BCUT2D eigenvalue weighted by atomic mass is 9.96. The average Bonchev–Trinajstić information content (AvgIpc) is 3.31. The Morgan fingerprint density at radius 2 is 1.57 bits per heavy atom. The molecule has 2 aromatic carbocycles. The van der Waals surface area contributed by atoms with Gasteiger partial charge in [-0.25, -0.2) is 4.63 Å². The Bertz CT molecular complexity index is 1200. The third kappa shape index (κ3) is 2.42. The highest BCUT2D eigenvalue weighted by Crippen LogP contribution is 2.50. The second-order valence-electron chi connectivity index (χ2n) is 6.10. The van der Waals surface area contributed by atoms with Gasteiger partial charge in [-0.2, -0.15) is 0 Å². The van der Waals surface area contributed by atoms with Gasteiger partial charge in [0.25, 0.3) is 5.69 Å². The van der Waals surface area contributed by atoms with Crippen molar-refractivity contribution >= 4 is 27.5 Å². The van der Waals surface area contributed by atoms with E-state index in [2.05, 4.69) is 10.3 Å². The van der Waals surface area contributed by atoms with Crippen LogP contribution in [0.25, 0.3) is 32.9 Å². The summed E-state index contributed by atoms with van der Waals surface area (Å²) < 4.78 is 22.9. The van der Waals surface area contributed by atoms with Crippen LogP contribution in [0.2, 0.25) is 0 Å². The van der Waals surface area contributed by atoms with E-state index in [9.17, 15) is 10.1 Å². The first-order chi connectivity index (χ1) is 13.5. The van der Waals surface area contributed by atoms with Crippen LogP contribution in [0.3, 0.4) is 0 Å². The molecule has 0 aliphatic heterocycles. The Morgan fingerprint density at radius 1 is 0.964 bits per heavy atom. The van der Waals surface area contributed by atoms with E-state index in [0.717, 1.165) is 0 Å². The van der Waals surface area contributed by atoms with Crippen molar-refractivity contribution in [3.05, 3.63) is 34.6 Å². The molecule has 2 aromatic heterocycles. The number of benzene rings is 2. The van der Waals surface area contributed by atoms with Gasteiger partial charge in [0, 0.05) is 37.0 Å². The van der Waals surface area contributed by atoms with Crippen LogP contribution < -0.4 is 14.2 Å². The van der Waals surface area contributed by atoms with Gasteiger partial charge < -0.3 is 18.8 Å². The molecule has 0 unspecified atom stereocenters. The van der Waals surface area contributed by atoms with Gasteiger partial charge >= 0.3 is 0 Å². The number of nitro benzene ring substituents is 1. The third-order valence-electron chi connectivity index (χ3n) is 4.58. The van der Waals surface area contributed by atoms with Crippen LogP contribution in [0.15, 0.2) is 29.2 Å². The SMILES string of the molecule is COc1cc(OC)c(-c2c([N+](=O)[O-])c3cn(C)cc3c3nonc23)c(OC)c1. The number of nitrogens with zero attached hydrogens (tertiary/aromatic N) is 4. The minimum Gasteiger partial charge on any atom is -0.496 e. The largest absolute Gasteiger partial charge is 0.496 e. The van der Waals surface area contributed by atoms with Crippen LogP contribution in [0.5, 0.6) is 17.2 Å². The summed E-state index contributed by atoms with van der Waals surface area (Å²) in [7, 11) is 6.20. The number of fused-ring (bicyclic) bond motifs is 3. The van der Waals surface area contributed by atoms with Gasteiger partial charge in [-0.3, -0.25) is 10.1 Å². The van der Waals surface area contributed by atoms with E-state index in [-0.39, 0.29) is 16.8 Å². The van der Waals surface area contributed by atoms with Gasteiger partial charge in [0.15, 0.2) is 5.52 Å². The average molecular weight is 384 g/mol. The molecule has 0 aliphatic carbocycles. The van der Waals surface area contributed by atoms with Gasteiger partial charge in [0.2, 0.25) is 0 Å². The summed E-state index contributed by atoms with van der Waals surface area (Å²) in [4.78, 5) is 11.7. The highest BCUT2D eigenvalue weighted by atomic mass is 16.6. The van der Waals surface area contributed by atoms with Crippen LogP contribution in [0.4, 0.5) is 5.69 Å². The molecule has 0 fully saturated rings. The van der Waals surface area contributed by atoms with Gasteiger partial charge in [-0.1, -0.05) is 0 Å². The Balaban J connectivity index is 2.25. The van der Waals surface area contributed by atoms with Crippen molar-refractivity contribution < 1.29 is 23.8 Å². The van der Waals surface area contributed by atoms with Crippen molar-refractivity contribution in [1.29, 1.82) is 0 Å². The zero-order chi connectivity index (χ0) is 20.0. The smallest absolute Gasteiger partial charge is 0.289 e. The van der Waals surface area contributed by atoms with Gasteiger partial charge in [0.05, 0.1) is 42.8 Å². The number of hydrogen-bond donors (Lipinski definition) is 0. The number of ether oxygens (including phenoxy) is 3. The topological polar surface area (TPSA) is 115 Å². The first kappa shape index (κ1) is 17.6. The molecule has 0 saturated carbocycles. The lowest BCUT2D eigenvalue weighted by Crippen LogP contribution is -2.00. The number of aromatic nitrogens is 3. The van der Waals surface area contributed by atoms with Gasteiger partial charge in [-0.15, -0.1) is 0 Å². The molecule has 0 atom stereocenters. The first-order valence-corrected chi connectivity index (χ1v) is 8.18. The summed E-state index contributed by atoms with van der Waals surface area (Å²) in [6.07, 6.45) is 3.40. The summed E-state index contributed by atoms with van der Waals surface area (Å²) >= 11 is 0. The van der Waals surface area contributed by atoms with E-state index in [1.165, 1.54) is 21.3 Å². The second kappa shape index (κ2) is 6.41. The molecule has 144 valence electrons. The van der Waals surface area contributed by atoms with E-state index < -0.39 is 4.92 Å². The molecule has 0 spiro atoms. The van der Waals surface area contributed by atoms with E-state index in [1.54, 1.807) is 36.1 Å².